The Morgan fingerprint density at radius 3 is 2.69 bits per heavy atom. The van der Waals surface area contributed by atoms with Crippen LogP contribution >= 0.6 is 0 Å². The van der Waals surface area contributed by atoms with Gasteiger partial charge in [0.15, 0.2) is 17.4 Å². The average Bonchev–Trinajstić information content (AvgIpc) is 3.51. The molecule has 0 fully saturated rings. The van der Waals surface area contributed by atoms with E-state index in [4.69, 9.17) is 9.47 Å². The number of amidine groups is 1. The number of aromatic nitrogens is 4. The summed E-state index contributed by atoms with van der Waals surface area (Å²) in [6.07, 6.45) is 5.10. The lowest BCUT2D eigenvalue weighted by molar-refractivity contribution is 0.0706. The van der Waals surface area contributed by atoms with Crippen molar-refractivity contribution < 1.29 is 23.4 Å². The van der Waals surface area contributed by atoms with Crippen LogP contribution < -0.4 is 10.1 Å². The molecule has 3 N–H and O–H groups in total. The van der Waals surface area contributed by atoms with E-state index in [0.29, 0.717) is 28.8 Å². The molecule has 1 aliphatic rings. The molecule has 0 aliphatic carbocycles. The fourth-order valence-electron chi connectivity index (χ4n) is 3.81. The van der Waals surface area contributed by atoms with E-state index < -0.39 is 22.8 Å². The molecule has 4 heterocycles. The lowest BCUT2D eigenvalue weighted by Gasteiger charge is -2.30. The molecule has 0 spiro atoms. The third-order valence-electron chi connectivity index (χ3n) is 5.95. The molecule has 188 valence electrons. The number of pyridine rings is 1. The first kappa shape index (κ1) is 23.7. The fourth-order valence-corrected chi connectivity index (χ4v) is 3.81. The van der Waals surface area contributed by atoms with E-state index in [1.807, 2.05) is 37.7 Å². The lowest BCUT2D eigenvalue weighted by Crippen LogP contribution is -2.38. The molecule has 9 nitrogen and oxygen atoms in total. The summed E-state index contributed by atoms with van der Waals surface area (Å²) < 4.78 is 43.1. The molecule has 0 radical (unpaired) electrons. The molecule has 1 unspecified atom stereocenters. The van der Waals surface area contributed by atoms with Crippen molar-refractivity contribution in [1.82, 2.24) is 19.7 Å². The normalized spacial score (nSPS) is 17.8. The van der Waals surface area contributed by atoms with Crippen molar-refractivity contribution in [3.8, 4) is 22.8 Å². The van der Waals surface area contributed by atoms with Gasteiger partial charge < -0.3 is 24.9 Å². The van der Waals surface area contributed by atoms with E-state index in [1.165, 1.54) is 6.20 Å². The zero-order valence-corrected chi connectivity index (χ0v) is 20.0. The number of ether oxygens (including phenoxy) is 2. The monoisotopic (exact) mass is 496 g/mol. The number of aliphatic hydroxyl groups is 1. The van der Waals surface area contributed by atoms with E-state index in [0.717, 1.165) is 12.1 Å². The molecule has 0 saturated carbocycles. The second-order valence-electron chi connectivity index (χ2n) is 9.38. The predicted molar refractivity (Wildman–Crippen MR) is 131 cm³/mol. The first-order chi connectivity index (χ1) is 17.3. The molecule has 4 aromatic rings. The molecule has 0 saturated heterocycles. The standard InChI is InChI=1S/C25H26F2N6O3/c1-14(2)33-7-5-19(32-33)16-10-29-23-21(16)20(4-6-28-23)36-22-17(26)8-15(9-18(22)27)31-24-30-11-25(3,12-34)13-35-24/h4-10,14,34H,11-13H2,1-3H3,(H,28,29)(H,30,31). The number of aromatic amines is 1. The number of nitrogens with zero attached hydrogens (tertiary/aromatic N) is 4. The first-order valence-corrected chi connectivity index (χ1v) is 11.5. The minimum Gasteiger partial charge on any atom is -0.464 e. The Bertz CT molecular complexity index is 1420. The molecular formula is C25H26F2N6O3. The Morgan fingerprint density at radius 2 is 2.06 bits per heavy atom. The van der Waals surface area contributed by atoms with Gasteiger partial charge >= 0.3 is 0 Å². The Labute approximate surface area is 205 Å². The van der Waals surface area contributed by atoms with Gasteiger partial charge in [0.2, 0.25) is 0 Å². The van der Waals surface area contributed by atoms with Gasteiger partial charge in [0.05, 0.1) is 24.2 Å². The van der Waals surface area contributed by atoms with Gasteiger partial charge in [-0.2, -0.15) is 5.10 Å². The van der Waals surface area contributed by atoms with Crippen LogP contribution in [0.15, 0.2) is 47.8 Å². The van der Waals surface area contributed by atoms with Gasteiger partial charge in [0.25, 0.3) is 6.02 Å². The van der Waals surface area contributed by atoms with Gasteiger partial charge in [-0.15, -0.1) is 0 Å². The minimum atomic E-state index is -0.903. The topological polar surface area (TPSA) is 110 Å². The van der Waals surface area contributed by atoms with Crippen molar-refractivity contribution in [3.05, 3.63) is 54.5 Å². The third kappa shape index (κ3) is 4.49. The Hall–Kier alpha value is -3.99. The number of anilines is 1. The van der Waals surface area contributed by atoms with Crippen LogP contribution in [0, 0.1) is 17.0 Å². The van der Waals surface area contributed by atoms with Crippen LogP contribution in [-0.4, -0.2) is 50.6 Å². The molecule has 0 amide bonds. The van der Waals surface area contributed by atoms with Gasteiger partial charge in [-0.05, 0) is 26.0 Å². The smallest absolute Gasteiger partial charge is 0.289 e. The molecule has 11 heteroatoms. The van der Waals surface area contributed by atoms with Gasteiger partial charge in [-0.3, -0.25) is 4.68 Å². The number of aliphatic hydroxyl groups excluding tert-OH is 1. The van der Waals surface area contributed by atoms with Crippen molar-refractivity contribution in [1.29, 1.82) is 0 Å². The Kier molecular flexibility index (Phi) is 6.09. The number of benzene rings is 1. The van der Waals surface area contributed by atoms with Crippen LogP contribution in [0.5, 0.6) is 11.5 Å². The van der Waals surface area contributed by atoms with Crippen molar-refractivity contribution in [2.75, 3.05) is 25.1 Å². The van der Waals surface area contributed by atoms with Gasteiger partial charge in [-0.1, -0.05) is 6.92 Å². The molecule has 36 heavy (non-hydrogen) atoms. The van der Waals surface area contributed by atoms with Crippen LogP contribution in [0.3, 0.4) is 0 Å². The summed E-state index contributed by atoms with van der Waals surface area (Å²) in [5.41, 5.74) is 1.51. The highest BCUT2D eigenvalue weighted by molar-refractivity contribution is 5.97. The van der Waals surface area contributed by atoms with Crippen LogP contribution in [0.2, 0.25) is 0 Å². The number of hydrogen-bond donors (Lipinski definition) is 3. The van der Waals surface area contributed by atoms with E-state index in [1.54, 1.807) is 12.3 Å². The maximum Gasteiger partial charge on any atom is 0.289 e. The highest BCUT2D eigenvalue weighted by atomic mass is 19.1. The number of halogens is 2. The van der Waals surface area contributed by atoms with Crippen molar-refractivity contribution in [3.63, 3.8) is 0 Å². The van der Waals surface area contributed by atoms with Gasteiger partial charge in [0, 0.05) is 53.4 Å². The molecule has 5 rings (SSSR count). The largest absolute Gasteiger partial charge is 0.464 e. The van der Waals surface area contributed by atoms with Gasteiger partial charge in [-0.25, -0.2) is 18.8 Å². The summed E-state index contributed by atoms with van der Waals surface area (Å²) in [5, 5.41) is 17.3. The Balaban J connectivity index is 1.43. The summed E-state index contributed by atoms with van der Waals surface area (Å²) >= 11 is 0. The van der Waals surface area contributed by atoms with Crippen molar-refractivity contribution in [2.24, 2.45) is 10.4 Å². The fraction of sp³-hybridized carbons (Fsp3) is 0.320. The number of H-pyrrole nitrogens is 1. The number of hydrogen-bond acceptors (Lipinski definition) is 7. The van der Waals surface area contributed by atoms with E-state index >= 15 is 8.78 Å². The zero-order valence-electron chi connectivity index (χ0n) is 20.0. The number of fused-ring (bicyclic) bond motifs is 1. The maximum absolute atomic E-state index is 15.0. The van der Waals surface area contributed by atoms with E-state index in [9.17, 15) is 5.11 Å². The maximum atomic E-state index is 15.0. The molecule has 0 bridgehead atoms. The average molecular weight is 497 g/mol. The number of aliphatic imine (C=N–C) groups is 1. The molecule has 1 atom stereocenters. The highest BCUT2D eigenvalue weighted by Gasteiger charge is 2.29. The second kappa shape index (κ2) is 9.23. The third-order valence-corrected chi connectivity index (χ3v) is 5.95. The Morgan fingerprint density at radius 1 is 1.28 bits per heavy atom. The quantitative estimate of drug-likeness (QED) is 0.351. The van der Waals surface area contributed by atoms with E-state index in [-0.39, 0.29) is 36.7 Å². The molecular weight excluding hydrogens is 470 g/mol. The van der Waals surface area contributed by atoms with Crippen LogP contribution in [-0.2, 0) is 4.74 Å². The second-order valence-corrected chi connectivity index (χ2v) is 9.38. The zero-order chi connectivity index (χ0) is 25.4. The van der Waals surface area contributed by atoms with Crippen molar-refractivity contribution >= 4 is 22.7 Å². The van der Waals surface area contributed by atoms with Gasteiger partial charge in [0.1, 0.15) is 18.0 Å². The van der Waals surface area contributed by atoms with Crippen molar-refractivity contribution in [2.45, 2.75) is 26.8 Å². The lowest BCUT2D eigenvalue weighted by atomic mass is 9.93. The first-order valence-electron chi connectivity index (χ1n) is 11.5. The predicted octanol–water partition coefficient (Wildman–Crippen LogP) is 4.87. The molecule has 1 aliphatic heterocycles. The number of nitrogens with one attached hydrogen (secondary N) is 2. The van der Waals surface area contributed by atoms with E-state index in [2.05, 4.69) is 25.4 Å². The highest BCUT2D eigenvalue weighted by Crippen LogP contribution is 2.38. The van der Waals surface area contributed by atoms with Crippen LogP contribution in [0.25, 0.3) is 22.3 Å². The summed E-state index contributed by atoms with van der Waals surface area (Å²) in [4.78, 5) is 11.6. The summed E-state index contributed by atoms with van der Waals surface area (Å²) in [7, 11) is 0. The minimum absolute atomic E-state index is 0.0795. The van der Waals surface area contributed by atoms with Crippen LogP contribution in [0.4, 0.5) is 14.5 Å². The SMILES string of the molecule is CC(C)n1ccc(-c2c[nH]c3nccc(Oc4c(F)cc(NC5=NCC(C)(CO)CO5)cc4F)c23)n1. The molecule has 3 aromatic heterocycles. The van der Waals surface area contributed by atoms with Crippen LogP contribution in [0.1, 0.15) is 26.8 Å². The summed E-state index contributed by atoms with van der Waals surface area (Å²) in [6.45, 7) is 6.35. The summed E-state index contributed by atoms with van der Waals surface area (Å²) in [5.74, 6) is -2.12. The molecule has 1 aromatic carbocycles. The number of rotatable bonds is 6. The summed E-state index contributed by atoms with van der Waals surface area (Å²) in [6, 6.07) is 5.92.